The van der Waals surface area contributed by atoms with E-state index >= 15 is 0 Å². The van der Waals surface area contributed by atoms with Crippen LogP contribution in [-0.2, 0) is 20.9 Å². The molecule has 1 saturated heterocycles. The molecular formula is C15H17N2O7S+. The summed E-state index contributed by atoms with van der Waals surface area (Å²) in [5, 5.41) is 19.4. The minimum absolute atomic E-state index is 0.0928. The number of rotatable bonds is 6. The van der Waals surface area contributed by atoms with E-state index in [1.54, 1.807) is 0 Å². The van der Waals surface area contributed by atoms with Crippen LogP contribution in [0, 0.1) is 10.1 Å². The van der Waals surface area contributed by atoms with Crippen molar-refractivity contribution in [2.24, 2.45) is 0 Å². The standard InChI is InChI=1S/C15H16N2O7S/c18-13(25)8-17(7-1-2-12(17)14(19)20)15(21)24-9-10-3-5-11(6-4-10)16(22)23/h3-6,12H,1-2,7-9H2,(H-,18,19,20,25)/p+1/t12-,17?/m0/s1. The van der Waals surface area contributed by atoms with Gasteiger partial charge >= 0.3 is 12.1 Å². The van der Waals surface area contributed by atoms with Crippen LogP contribution in [-0.4, -0.2) is 50.8 Å². The van der Waals surface area contributed by atoms with E-state index in [1.807, 2.05) is 0 Å². The Bertz CT molecular complexity index is 706. The Balaban J connectivity index is 2.13. The summed E-state index contributed by atoms with van der Waals surface area (Å²) in [4.78, 5) is 45.5. The molecule has 9 nitrogen and oxygen atoms in total. The first kappa shape index (κ1) is 18.9. The monoisotopic (exact) mass is 369 g/mol. The van der Waals surface area contributed by atoms with Crippen LogP contribution in [0.3, 0.4) is 0 Å². The van der Waals surface area contributed by atoms with Gasteiger partial charge in [0.25, 0.3) is 5.69 Å². The number of carbonyl (C=O) groups excluding carboxylic acids is 2. The van der Waals surface area contributed by atoms with Crippen LogP contribution in [0.5, 0.6) is 0 Å². The minimum atomic E-state index is -1.17. The van der Waals surface area contributed by atoms with Gasteiger partial charge < -0.3 is 9.84 Å². The van der Waals surface area contributed by atoms with Gasteiger partial charge in [0.2, 0.25) is 5.12 Å². The Hall–Kier alpha value is -2.46. The fraction of sp³-hybridized carbons (Fsp3) is 0.400. The lowest BCUT2D eigenvalue weighted by atomic mass is 10.2. The van der Waals surface area contributed by atoms with Crippen molar-refractivity contribution in [3.8, 4) is 0 Å². The second kappa shape index (κ2) is 7.62. The third-order valence-corrected chi connectivity index (χ3v) is 4.35. The number of nitrogens with zero attached hydrogens (tertiary/aromatic N) is 2. The predicted molar refractivity (Wildman–Crippen MR) is 87.9 cm³/mol. The maximum atomic E-state index is 12.6. The first-order valence-corrected chi connectivity index (χ1v) is 7.93. The summed E-state index contributed by atoms with van der Waals surface area (Å²) >= 11 is 3.68. The molecule has 25 heavy (non-hydrogen) atoms. The molecule has 1 amide bonds. The average Bonchev–Trinajstić information content (AvgIpc) is 2.97. The number of hydrogen-bond acceptors (Lipinski definition) is 6. The van der Waals surface area contributed by atoms with Crippen molar-refractivity contribution >= 4 is 35.5 Å². The number of carboxylic acids is 1. The summed E-state index contributed by atoms with van der Waals surface area (Å²) in [5.41, 5.74) is 0.421. The van der Waals surface area contributed by atoms with Crippen LogP contribution in [0.25, 0.3) is 0 Å². The van der Waals surface area contributed by atoms with Gasteiger partial charge in [0.15, 0.2) is 12.6 Å². The number of carbonyl (C=O) groups is 3. The van der Waals surface area contributed by atoms with Gasteiger partial charge in [0.1, 0.15) is 6.61 Å². The summed E-state index contributed by atoms with van der Waals surface area (Å²) in [7, 11) is 0. The summed E-state index contributed by atoms with van der Waals surface area (Å²) in [6, 6.07) is 4.39. The molecule has 1 N–H and O–H groups in total. The third-order valence-electron chi connectivity index (χ3n) is 4.21. The molecule has 10 heteroatoms. The van der Waals surface area contributed by atoms with Crippen LogP contribution < -0.4 is 0 Å². The van der Waals surface area contributed by atoms with Crippen molar-refractivity contribution in [1.82, 2.24) is 0 Å². The maximum absolute atomic E-state index is 12.6. The molecule has 2 rings (SSSR count). The third kappa shape index (κ3) is 4.15. The van der Waals surface area contributed by atoms with E-state index in [0.29, 0.717) is 12.0 Å². The van der Waals surface area contributed by atoms with Crippen molar-refractivity contribution in [3.63, 3.8) is 0 Å². The van der Waals surface area contributed by atoms with Gasteiger partial charge in [-0.1, -0.05) is 12.6 Å². The van der Waals surface area contributed by atoms with E-state index in [0.717, 1.165) is 0 Å². The lowest BCUT2D eigenvalue weighted by molar-refractivity contribution is -0.853. The molecule has 0 bridgehead atoms. The molecule has 1 aromatic carbocycles. The lowest BCUT2D eigenvalue weighted by Crippen LogP contribution is -2.60. The molecule has 1 aromatic rings. The van der Waals surface area contributed by atoms with Crippen molar-refractivity contribution in [3.05, 3.63) is 39.9 Å². The van der Waals surface area contributed by atoms with Gasteiger partial charge in [0.05, 0.1) is 11.5 Å². The zero-order chi connectivity index (χ0) is 18.6. The highest BCUT2D eigenvalue weighted by atomic mass is 32.1. The highest BCUT2D eigenvalue weighted by Gasteiger charge is 2.54. The van der Waals surface area contributed by atoms with Crippen molar-refractivity contribution in [2.45, 2.75) is 25.5 Å². The van der Waals surface area contributed by atoms with E-state index in [-0.39, 0.29) is 31.8 Å². The topological polar surface area (TPSA) is 124 Å². The minimum Gasteiger partial charge on any atom is -0.477 e. The van der Waals surface area contributed by atoms with Crippen LogP contribution in [0.2, 0.25) is 0 Å². The molecule has 0 spiro atoms. The SMILES string of the molecule is O=C(S)C[N+]1(C(=O)OCc2ccc([N+](=O)[O-])cc2)CCC[C@H]1C(=O)O. The predicted octanol–water partition coefficient (Wildman–Crippen LogP) is 1.75. The van der Waals surface area contributed by atoms with Crippen LogP contribution in [0.4, 0.5) is 10.5 Å². The van der Waals surface area contributed by atoms with Crippen molar-refractivity contribution < 1.29 is 33.6 Å². The largest absolute Gasteiger partial charge is 0.517 e. The normalized spacial score (nSPS) is 22.4. The van der Waals surface area contributed by atoms with E-state index in [9.17, 15) is 29.6 Å². The molecule has 134 valence electrons. The Morgan fingerprint density at radius 2 is 1.96 bits per heavy atom. The first-order valence-electron chi connectivity index (χ1n) is 7.48. The maximum Gasteiger partial charge on any atom is 0.517 e. The summed E-state index contributed by atoms with van der Waals surface area (Å²) < 4.78 is 4.59. The van der Waals surface area contributed by atoms with Gasteiger partial charge in [-0.05, 0) is 17.7 Å². The van der Waals surface area contributed by atoms with E-state index in [1.165, 1.54) is 24.3 Å². The lowest BCUT2D eigenvalue weighted by Gasteiger charge is -2.32. The summed E-state index contributed by atoms with van der Waals surface area (Å²) in [5.74, 6) is -1.17. The van der Waals surface area contributed by atoms with Crippen LogP contribution in [0.15, 0.2) is 24.3 Å². The number of amides is 1. The van der Waals surface area contributed by atoms with Crippen molar-refractivity contribution in [2.75, 3.05) is 13.1 Å². The summed E-state index contributed by atoms with van der Waals surface area (Å²) in [6.07, 6.45) is -0.0705. The number of carboxylic acid groups (broad SMARTS) is 1. The fourth-order valence-electron chi connectivity index (χ4n) is 3.01. The zero-order valence-corrected chi connectivity index (χ0v) is 14.1. The average molecular weight is 369 g/mol. The first-order chi connectivity index (χ1) is 11.8. The van der Waals surface area contributed by atoms with E-state index in [4.69, 9.17) is 4.74 Å². The number of non-ortho nitro benzene ring substituents is 1. The van der Waals surface area contributed by atoms with Crippen molar-refractivity contribution in [1.29, 1.82) is 0 Å². The number of hydrogen-bond donors (Lipinski definition) is 2. The number of thiol groups is 1. The molecule has 1 unspecified atom stereocenters. The molecule has 1 fully saturated rings. The molecule has 0 radical (unpaired) electrons. The van der Waals surface area contributed by atoms with Crippen LogP contribution in [0.1, 0.15) is 18.4 Å². The Kier molecular flexibility index (Phi) is 5.75. The molecule has 1 aliphatic rings. The number of nitro benzene ring substituents is 1. The van der Waals surface area contributed by atoms with Gasteiger partial charge in [0, 0.05) is 25.0 Å². The van der Waals surface area contributed by atoms with E-state index in [2.05, 4.69) is 12.6 Å². The Morgan fingerprint density at radius 3 is 2.48 bits per heavy atom. The second-order valence-corrected chi connectivity index (χ2v) is 6.28. The molecule has 0 aliphatic carbocycles. The van der Waals surface area contributed by atoms with Crippen LogP contribution >= 0.6 is 12.6 Å². The number of benzene rings is 1. The fourth-order valence-corrected chi connectivity index (χ4v) is 3.26. The number of aliphatic carboxylic acids is 1. The highest BCUT2D eigenvalue weighted by Crippen LogP contribution is 2.29. The molecular weight excluding hydrogens is 352 g/mol. The number of likely N-dealkylation sites (tertiary alicyclic amines) is 1. The highest BCUT2D eigenvalue weighted by molar-refractivity contribution is 7.96. The van der Waals surface area contributed by atoms with Gasteiger partial charge in [-0.15, -0.1) is 0 Å². The molecule has 1 aliphatic heterocycles. The molecule has 2 atom stereocenters. The number of quaternary nitrogens is 1. The number of ether oxygens (including phenoxy) is 1. The van der Waals surface area contributed by atoms with E-state index < -0.39 is 32.6 Å². The van der Waals surface area contributed by atoms with Gasteiger partial charge in [-0.3, -0.25) is 14.9 Å². The zero-order valence-electron chi connectivity index (χ0n) is 13.2. The summed E-state index contributed by atoms with van der Waals surface area (Å²) in [6.45, 7) is -0.356. The van der Waals surface area contributed by atoms with Gasteiger partial charge in [-0.25, -0.2) is 9.28 Å². The number of nitro groups is 1. The Labute approximate surface area is 148 Å². The quantitative estimate of drug-likeness (QED) is 0.339. The molecule has 1 heterocycles. The molecule has 0 aromatic heterocycles. The molecule has 0 saturated carbocycles. The smallest absolute Gasteiger partial charge is 0.477 e. The Morgan fingerprint density at radius 1 is 1.32 bits per heavy atom. The second-order valence-electron chi connectivity index (χ2n) is 5.78. The van der Waals surface area contributed by atoms with Gasteiger partial charge in [-0.2, -0.15) is 4.79 Å².